The van der Waals surface area contributed by atoms with Gasteiger partial charge in [-0.25, -0.2) is 0 Å². The predicted molar refractivity (Wildman–Crippen MR) is 52.8 cm³/mol. The monoisotopic (exact) mass is 201 g/mol. The molecule has 0 spiro atoms. The third-order valence-electron chi connectivity index (χ3n) is 2.51. The van der Waals surface area contributed by atoms with Gasteiger partial charge in [0, 0.05) is 12.6 Å². The van der Waals surface area contributed by atoms with E-state index in [9.17, 15) is 4.79 Å². The van der Waals surface area contributed by atoms with Gasteiger partial charge in [-0.3, -0.25) is 4.79 Å². The minimum atomic E-state index is -0.203. The van der Waals surface area contributed by atoms with Gasteiger partial charge in [0.25, 0.3) is 0 Å². The summed E-state index contributed by atoms with van der Waals surface area (Å²) in [7, 11) is 0. The molecule has 0 radical (unpaired) electrons. The van der Waals surface area contributed by atoms with E-state index in [1.165, 1.54) is 0 Å². The average molecular weight is 201 g/mol. The molecule has 4 heteroatoms. The van der Waals surface area contributed by atoms with E-state index in [1.54, 1.807) is 6.92 Å². The van der Waals surface area contributed by atoms with E-state index in [2.05, 4.69) is 0 Å². The minimum Gasteiger partial charge on any atom is -0.466 e. The zero-order valence-corrected chi connectivity index (χ0v) is 8.70. The Morgan fingerprint density at radius 3 is 3.07 bits per heavy atom. The molecule has 1 aliphatic heterocycles. The number of nitrogens with two attached hydrogens (primary N) is 1. The van der Waals surface area contributed by atoms with Gasteiger partial charge in [0.05, 0.1) is 19.6 Å². The number of rotatable bonds is 4. The van der Waals surface area contributed by atoms with E-state index in [4.69, 9.17) is 15.2 Å². The predicted octanol–water partition coefficient (Wildman–Crippen LogP) is 0.694. The van der Waals surface area contributed by atoms with Gasteiger partial charge in [0.1, 0.15) is 0 Å². The first-order valence-corrected chi connectivity index (χ1v) is 5.23. The van der Waals surface area contributed by atoms with Gasteiger partial charge in [-0.1, -0.05) is 0 Å². The lowest BCUT2D eigenvalue weighted by molar-refractivity contribution is -0.144. The second-order valence-electron chi connectivity index (χ2n) is 3.65. The fraction of sp³-hybridized carbons (Fsp3) is 0.900. The highest BCUT2D eigenvalue weighted by atomic mass is 16.5. The van der Waals surface area contributed by atoms with Crippen LogP contribution in [-0.2, 0) is 14.3 Å². The lowest BCUT2D eigenvalue weighted by Gasteiger charge is -2.26. The Morgan fingerprint density at radius 1 is 1.71 bits per heavy atom. The van der Waals surface area contributed by atoms with Crippen LogP contribution in [0, 0.1) is 5.92 Å². The van der Waals surface area contributed by atoms with Crippen molar-refractivity contribution in [2.45, 2.75) is 32.2 Å². The van der Waals surface area contributed by atoms with Crippen molar-refractivity contribution in [1.29, 1.82) is 0 Å². The first kappa shape index (κ1) is 11.5. The van der Waals surface area contributed by atoms with Crippen molar-refractivity contribution in [3.63, 3.8) is 0 Å². The van der Waals surface area contributed by atoms with Crippen molar-refractivity contribution in [2.75, 3.05) is 19.8 Å². The van der Waals surface area contributed by atoms with Gasteiger partial charge in [-0.15, -0.1) is 0 Å². The van der Waals surface area contributed by atoms with Crippen LogP contribution in [0.5, 0.6) is 0 Å². The smallest absolute Gasteiger partial charge is 0.307 e. The third kappa shape index (κ3) is 3.64. The normalized spacial score (nSPS) is 24.3. The van der Waals surface area contributed by atoms with Crippen LogP contribution < -0.4 is 5.73 Å². The van der Waals surface area contributed by atoms with Crippen molar-refractivity contribution in [2.24, 2.45) is 11.7 Å². The van der Waals surface area contributed by atoms with Gasteiger partial charge in [0.15, 0.2) is 0 Å². The summed E-state index contributed by atoms with van der Waals surface area (Å²) >= 11 is 0. The number of hydrogen-bond acceptors (Lipinski definition) is 4. The topological polar surface area (TPSA) is 61.5 Å². The standard InChI is InChI=1S/C10H19NO3/c1-2-14-10(12)6-9(11)8-4-3-5-13-7-8/h8-9H,2-7,11H2,1H3. The van der Waals surface area contributed by atoms with Crippen LogP contribution in [0.15, 0.2) is 0 Å². The highest BCUT2D eigenvalue weighted by molar-refractivity contribution is 5.70. The number of carbonyl (C=O) groups excluding carboxylic acids is 1. The molecule has 1 rings (SSSR count). The average Bonchev–Trinajstić information content (AvgIpc) is 2.19. The summed E-state index contributed by atoms with van der Waals surface area (Å²) in [4.78, 5) is 11.2. The first-order chi connectivity index (χ1) is 6.74. The largest absolute Gasteiger partial charge is 0.466 e. The zero-order chi connectivity index (χ0) is 10.4. The Morgan fingerprint density at radius 2 is 2.50 bits per heavy atom. The van der Waals surface area contributed by atoms with E-state index in [0.29, 0.717) is 25.6 Å². The molecule has 1 heterocycles. The number of esters is 1. The molecule has 0 aromatic carbocycles. The van der Waals surface area contributed by atoms with Crippen LogP contribution in [0.1, 0.15) is 26.2 Å². The van der Waals surface area contributed by atoms with Gasteiger partial charge in [-0.05, 0) is 25.7 Å². The second-order valence-corrected chi connectivity index (χ2v) is 3.65. The van der Waals surface area contributed by atoms with E-state index < -0.39 is 0 Å². The summed E-state index contributed by atoms with van der Waals surface area (Å²) in [6, 6.07) is -0.116. The molecular weight excluding hydrogens is 182 g/mol. The molecule has 0 aromatic heterocycles. The Bertz CT molecular complexity index is 178. The van der Waals surface area contributed by atoms with Gasteiger partial charge >= 0.3 is 5.97 Å². The molecule has 2 N–H and O–H groups in total. The van der Waals surface area contributed by atoms with Crippen molar-refractivity contribution in [3.05, 3.63) is 0 Å². The van der Waals surface area contributed by atoms with Crippen LogP contribution in [0.2, 0.25) is 0 Å². The first-order valence-electron chi connectivity index (χ1n) is 5.23. The third-order valence-corrected chi connectivity index (χ3v) is 2.51. The van der Waals surface area contributed by atoms with Crippen LogP contribution >= 0.6 is 0 Å². The molecule has 1 saturated heterocycles. The van der Waals surface area contributed by atoms with Crippen molar-refractivity contribution < 1.29 is 14.3 Å². The number of ether oxygens (including phenoxy) is 2. The molecule has 0 saturated carbocycles. The lowest BCUT2D eigenvalue weighted by atomic mass is 9.92. The summed E-state index contributed by atoms with van der Waals surface area (Å²) in [5.41, 5.74) is 5.90. The van der Waals surface area contributed by atoms with Crippen molar-refractivity contribution in [1.82, 2.24) is 0 Å². The van der Waals surface area contributed by atoms with Gasteiger partial charge in [-0.2, -0.15) is 0 Å². The molecule has 14 heavy (non-hydrogen) atoms. The summed E-state index contributed by atoms with van der Waals surface area (Å²) in [6.45, 7) is 3.73. The van der Waals surface area contributed by atoms with Crippen molar-refractivity contribution in [3.8, 4) is 0 Å². The molecule has 82 valence electrons. The molecule has 1 fully saturated rings. The van der Waals surface area contributed by atoms with E-state index >= 15 is 0 Å². The molecule has 0 amide bonds. The maximum absolute atomic E-state index is 11.2. The van der Waals surface area contributed by atoms with Crippen LogP contribution in [0.4, 0.5) is 0 Å². The van der Waals surface area contributed by atoms with Gasteiger partial charge < -0.3 is 15.2 Å². The van der Waals surface area contributed by atoms with E-state index in [0.717, 1.165) is 19.4 Å². The highest BCUT2D eigenvalue weighted by Gasteiger charge is 2.23. The Balaban J connectivity index is 2.25. The summed E-state index contributed by atoms with van der Waals surface area (Å²) in [6.07, 6.45) is 2.41. The van der Waals surface area contributed by atoms with Gasteiger partial charge in [0.2, 0.25) is 0 Å². The molecule has 1 aliphatic rings. The molecule has 2 atom stereocenters. The van der Waals surface area contributed by atoms with Crippen LogP contribution in [0.25, 0.3) is 0 Å². The Kier molecular flexibility index (Phi) is 4.90. The van der Waals surface area contributed by atoms with E-state index in [-0.39, 0.29) is 12.0 Å². The highest BCUT2D eigenvalue weighted by Crippen LogP contribution is 2.18. The second kappa shape index (κ2) is 5.98. The lowest BCUT2D eigenvalue weighted by Crippen LogP contribution is -2.37. The summed E-state index contributed by atoms with van der Waals surface area (Å²) in [5, 5.41) is 0. The minimum absolute atomic E-state index is 0.116. The maximum Gasteiger partial charge on any atom is 0.307 e. The fourth-order valence-corrected chi connectivity index (χ4v) is 1.68. The summed E-state index contributed by atoms with van der Waals surface area (Å²) < 4.78 is 10.2. The summed E-state index contributed by atoms with van der Waals surface area (Å²) in [5.74, 6) is 0.110. The van der Waals surface area contributed by atoms with Crippen LogP contribution in [-0.4, -0.2) is 31.8 Å². The quantitative estimate of drug-likeness (QED) is 0.680. The number of hydrogen-bond donors (Lipinski definition) is 1. The molecule has 0 aliphatic carbocycles. The SMILES string of the molecule is CCOC(=O)CC(N)C1CCCOC1. The Hall–Kier alpha value is -0.610. The molecule has 4 nitrogen and oxygen atoms in total. The molecule has 2 unspecified atom stereocenters. The molecular formula is C10H19NO3. The maximum atomic E-state index is 11.2. The van der Waals surface area contributed by atoms with Crippen molar-refractivity contribution >= 4 is 5.97 Å². The number of carbonyl (C=O) groups is 1. The van der Waals surface area contributed by atoms with Crippen LogP contribution in [0.3, 0.4) is 0 Å². The zero-order valence-electron chi connectivity index (χ0n) is 8.70. The molecule has 0 aromatic rings. The fourth-order valence-electron chi connectivity index (χ4n) is 1.68. The molecule has 0 bridgehead atoms. The Labute approximate surface area is 84.7 Å². The van der Waals surface area contributed by atoms with E-state index in [1.807, 2.05) is 0 Å².